The summed E-state index contributed by atoms with van der Waals surface area (Å²) in [5.74, 6) is 3.63. The summed E-state index contributed by atoms with van der Waals surface area (Å²) in [4.78, 5) is 9.81. The van der Waals surface area contributed by atoms with Crippen molar-refractivity contribution in [3.63, 3.8) is 0 Å². The third kappa shape index (κ3) is 4.43. The summed E-state index contributed by atoms with van der Waals surface area (Å²) in [5, 5.41) is 2.49. The predicted octanol–water partition coefficient (Wildman–Crippen LogP) is 9.90. The van der Waals surface area contributed by atoms with E-state index in [1.807, 2.05) is 6.20 Å². The standard InChI is InChI=1S/C39H43N3O2/c1-22(2)24-15-25(36-41-38(7,8)21-43-36)17-27(16-24)44-33-20-32-28(14-23(33)3)29-18-26(37(4,5)6)19-31-34(29)42(32)35-30(39(31,9)10)12-11-13-40-35/h11-20,22H,21H2,1-10H3. The lowest BCUT2D eigenvalue weighted by Crippen LogP contribution is -2.28. The largest absolute Gasteiger partial charge is 0.475 e. The van der Waals surface area contributed by atoms with E-state index in [1.54, 1.807) is 0 Å². The Bertz CT molecular complexity index is 2020. The van der Waals surface area contributed by atoms with Crippen LogP contribution in [0.1, 0.15) is 102 Å². The molecule has 7 rings (SSSR count). The van der Waals surface area contributed by atoms with Crippen molar-refractivity contribution < 1.29 is 9.47 Å². The second kappa shape index (κ2) is 9.44. The molecule has 226 valence electrons. The van der Waals surface area contributed by atoms with Gasteiger partial charge in [-0.25, -0.2) is 9.98 Å². The highest BCUT2D eigenvalue weighted by Gasteiger charge is 2.37. The maximum Gasteiger partial charge on any atom is 0.216 e. The zero-order valence-corrected chi connectivity index (χ0v) is 27.7. The maximum absolute atomic E-state index is 6.77. The molecule has 44 heavy (non-hydrogen) atoms. The van der Waals surface area contributed by atoms with E-state index in [9.17, 15) is 0 Å². The molecular formula is C39H43N3O2. The number of aliphatic imine (C=N–C) groups is 1. The van der Waals surface area contributed by atoms with Crippen LogP contribution in [0.25, 0.3) is 27.6 Å². The number of pyridine rings is 1. The quantitative estimate of drug-likeness (QED) is 0.211. The number of nitrogens with zero attached hydrogens (tertiary/aromatic N) is 3. The van der Waals surface area contributed by atoms with Crippen molar-refractivity contribution in [2.24, 2.45) is 4.99 Å². The Morgan fingerprint density at radius 1 is 0.932 bits per heavy atom. The van der Waals surface area contributed by atoms with Crippen molar-refractivity contribution >= 4 is 27.7 Å². The molecule has 5 nitrogen and oxygen atoms in total. The Morgan fingerprint density at radius 2 is 1.70 bits per heavy atom. The molecule has 0 fully saturated rings. The van der Waals surface area contributed by atoms with E-state index >= 15 is 0 Å². The van der Waals surface area contributed by atoms with Gasteiger partial charge in [0.1, 0.15) is 23.9 Å². The lowest BCUT2D eigenvalue weighted by atomic mass is 9.73. The van der Waals surface area contributed by atoms with Crippen LogP contribution in [0.3, 0.4) is 0 Å². The lowest BCUT2D eigenvalue weighted by Gasteiger charge is -2.35. The summed E-state index contributed by atoms with van der Waals surface area (Å²) in [7, 11) is 0. The molecule has 0 saturated carbocycles. The fourth-order valence-electron chi connectivity index (χ4n) is 6.72. The fourth-order valence-corrected chi connectivity index (χ4v) is 6.72. The summed E-state index contributed by atoms with van der Waals surface area (Å²) < 4.78 is 15.2. The normalized spacial score (nSPS) is 16.8. The Labute approximate surface area is 260 Å². The molecule has 0 amide bonds. The molecule has 2 aromatic heterocycles. The highest BCUT2D eigenvalue weighted by atomic mass is 16.5. The lowest BCUT2D eigenvalue weighted by molar-refractivity contribution is 0.279. The number of hydrogen-bond acceptors (Lipinski definition) is 4. The van der Waals surface area contributed by atoms with Crippen molar-refractivity contribution in [2.45, 2.75) is 91.5 Å². The van der Waals surface area contributed by atoms with E-state index in [-0.39, 0.29) is 16.4 Å². The van der Waals surface area contributed by atoms with Crippen LogP contribution in [0.5, 0.6) is 11.5 Å². The smallest absolute Gasteiger partial charge is 0.216 e. The van der Waals surface area contributed by atoms with Crippen LogP contribution in [-0.4, -0.2) is 27.6 Å². The van der Waals surface area contributed by atoms with Crippen LogP contribution in [0, 0.1) is 6.92 Å². The monoisotopic (exact) mass is 585 g/mol. The van der Waals surface area contributed by atoms with Crippen LogP contribution in [-0.2, 0) is 15.6 Å². The summed E-state index contributed by atoms with van der Waals surface area (Å²) in [5.41, 5.74) is 9.10. The number of hydrogen-bond donors (Lipinski definition) is 0. The topological polar surface area (TPSA) is 48.6 Å². The molecule has 0 spiro atoms. The second-order valence-corrected chi connectivity index (χ2v) is 15.2. The van der Waals surface area contributed by atoms with Gasteiger partial charge in [0.25, 0.3) is 0 Å². The number of rotatable bonds is 4. The average molecular weight is 586 g/mol. The van der Waals surface area contributed by atoms with Gasteiger partial charge in [-0.1, -0.05) is 60.6 Å². The third-order valence-corrected chi connectivity index (χ3v) is 9.41. The molecule has 3 aromatic carbocycles. The van der Waals surface area contributed by atoms with E-state index < -0.39 is 0 Å². The summed E-state index contributed by atoms with van der Waals surface area (Å²) in [6, 6.07) is 20.0. The summed E-state index contributed by atoms with van der Waals surface area (Å²) in [6.45, 7) is 22.9. The maximum atomic E-state index is 6.77. The van der Waals surface area contributed by atoms with Gasteiger partial charge in [0.15, 0.2) is 0 Å². The molecule has 5 heteroatoms. The first-order chi connectivity index (χ1) is 20.6. The van der Waals surface area contributed by atoms with Gasteiger partial charge < -0.3 is 9.47 Å². The van der Waals surface area contributed by atoms with Crippen LogP contribution in [0.15, 0.2) is 65.8 Å². The van der Waals surface area contributed by atoms with Gasteiger partial charge in [-0.3, -0.25) is 4.57 Å². The molecule has 0 unspecified atom stereocenters. The number of fused-ring (bicyclic) bond motifs is 5. The number of ether oxygens (including phenoxy) is 2. The molecule has 0 atom stereocenters. The fraction of sp³-hybridized carbons (Fsp3) is 0.385. The van der Waals surface area contributed by atoms with E-state index in [0.29, 0.717) is 18.4 Å². The molecule has 0 N–H and O–H groups in total. The van der Waals surface area contributed by atoms with E-state index in [4.69, 9.17) is 19.5 Å². The van der Waals surface area contributed by atoms with Gasteiger partial charge in [-0.2, -0.15) is 0 Å². The molecule has 0 saturated heterocycles. The minimum absolute atomic E-state index is 0.0180. The van der Waals surface area contributed by atoms with Crippen LogP contribution in [0.4, 0.5) is 0 Å². The van der Waals surface area contributed by atoms with E-state index in [2.05, 4.69) is 128 Å². The Morgan fingerprint density at radius 3 is 2.39 bits per heavy atom. The molecular weight excluding hydrogens is 542 g/mol. The van der Waals surface area contributed by atoms with Crippen molar-refractivity contribution in [2.75, 3.05) is 6.61 Å². The summed E-state index contributed by atoms with van der Waals surface area (Å²) >= 11 is 0. The SMILES string of the molecule is Cc1cc2c3cc(C(C)(C)C)cc4c3n(c2cc1Oc1cc(C2=NC(C)(C)CO2)cc(C(C)C)c1)-c1ncccc1C4(C)C. The minimum atomic E-state index is -0.227. The highest BCUT2D eigenvalue weighted by molar-refractivity contribution is 6.12. The summed E-state index contributed by atoms with van der Waals surface area (Å²) in [6.07, 6.45) is 1.90. The zero-order chi connectivity index (χ0) is 31.3. The number of benzene rings is 3. The Kier molecular flexibility index (Phi) is 6.14. The van der Waals surface area contributed by atoms with Gasteiger partial charge in [0.05, 0.1) is 16.6 Å². The first-order valence-corrected chi connectivity index (χ1v) is 15.8. The Hall–Kier alpha value is -4.12. The number of aromatic nitrogens is 2. The predicted molar refractivity (Wildman–Crippen MR) is 181 cm³/mol. The molecule has 0 radical (unpaired) electrons. The highest BCUT2D eigenvalue weighted by Crippen LogP contribution is 2.49. The minimum Gasteiger partial charge on any atom is -0.475 e. The second-order valence-electron chi connectivity index (χ2n) is 15.2. The van der Waals surface area contributed by atoms with Crippen molar-refractivity contribution in [3.8, 4) is 17.3 Å². The van der Waals surface area contributed by atoms with E-state index in [1.165, 1.54) is 38.5 Å². The van der Waals surface area contributed by atoms with E-state index in [0.717, 1.165) is 34.0 Å². The van der Waals surface area contributed by atoms with Crippen LogP contribution < -0.4 is 4.74 Å². The first kappa shape index (κ1) is 28.6. The van der Waals surface area contributed by atoms with Gasteiger partial charge in [-0.15, -0.1) is 0 Å². The molecule has 5 aromatic rings. The molecule has 4 heterocycles. The van der Waals surface area contributed by atoms with Gasteiger partial charge in [0, 0.05) is 39.6 Å². The average Bonchev–Trinajstić information content (AvgIpc) is 3.48. The van der Waals surface area contributed by atoms with Crippen molar-refractivity contribution in [1.82, 2.24) is 9.55 Å². The zero-order valence-electron chi connectivity index (χ0n) is 27.7. The van der Waals surface area contributed by atoms with Gasteiger partial charge >= 0.3 is 0 Å². The molecule has 2 aliphatic rings. The molecule has 0 aliphatic carbocycles. The van der Waals surface area contributed by atoms with Crippen LogP contribution in [0.2, 0.25) is 0 Å². The van der Waals surface area contributed by atoms with Crippen LogP contribution >= 0.6 is 0 Å². The van der Waals surface area contributed by atoms with Crippen molar-refractivity contribution in [1.29, 1.82) is 0 Å². The first-order valence-electron chi connectivity index (χ1n) is 15.8. The van der Waals surface area contributed by atoms with Gasteiger partial charge in [0.2, 0.25) is 5.90 Å². The molecule has 0 bridgehead atoms. The Balaban J connectivity index is 1.45. The number of aryl methyl sites for hydroxylation is 1. The van der Waals surface area contributed by atoms with Gasteiger partial charge in [-0.05, 0) is 90.8 Å². The van der Waals surface area contributed by atoms with Crippen molar-refractivity contribution in [3.05, 3.63) is 94.2 Å². The third-order valence-electron chi connectivity index (χ3n) is 9.41. The molecule has 2 aliphatic heterocycles.